The van der Waals surface area contributed by atoms with Crippen LogP contribution in [0.25, 0.3) is 0 Å². The van der Waals surface area contributed by atoms with E-state index in [1.807, 2.05) is 6.07 Å². The van der Waals surface area contributed by atoms with Crippen LogP contribution in [0.1, 0.15) is 22.9 Å². The zero-order valence-electron chi connectivity index (χ0n) is 11.5. The maximum absolute atomic E-state index is 14.1. The highest BCUT2D eigenvalue weighted by molar-refractivity contribution is 5.84. The molecule has 0 saturated heterocycles. The van der Waals surface area contributed by atoms with Crippen LogP contribution in [0.5, 0.6) is 0 Å². The summed E-state index contributed by atoms with van der Waals surface area (Å²) in [5, 5.41) is 12.3. The summed E-state index contributed by atoms with van der Waals surface area (Å²) >= 11 is 0. The van der Waals surface area contributed by atoms with E-state index in [0.717, 1.165) is 11.6 Å². The van der Waals surface area contributed by atoms with E-state index in [0.29, 0.717) is 12.0 Å². The fourth-order valence-corrected chi connectivity index (χ4v) is 2.64. The topological polar surface area (TPSA) is 62.2 Å². The Bertz CT molecular complexity index is 692. The average Bonchev–Trinajstić information content (AvgIpc) is 2.84. The predicted molar refractivity (Wildman–Crippen MR) is 75.2 cm³/mol. The highest BCUT2D eigenvalue weighted by Crippen LogP contribution is 2.33. The van der Waals surface area contributed by atoms with Crippen molar-refractivity contribution in [1.82, 2.24) is 10.3 Å². The first-order valence-electron chi connectivity index (χ1n) is 6.86. The number of rotatable bonds is 3. The Labute approximate surface area is 125 Å². The number of nitrogens with zero attached hydrogens (tertiary/aromatic N) is 1. The molecule has 22 heavy (non-hydrogen) atoms. The number of aromatic nitrogens is 1. The first kappa shape index (κ1) is 14.6. The fraction of sp³-hybridized carbons (Fsp3) is 0.250. The zero-order valence-corrected chi connectivity index (χ0v) is 11.5. The van der Waals surface area contributed by atoms with Gasteiger partial charge in [0.15, 0.2) is 0 Å². The van der Waals surface area contributed by atoms with Crippen molar-refractivity contribution in [3.05, 3.63) is 65.5 Å². The summed E-state index contributed by atoms with van der Waals surface area (Å²) in [6.45, 7) is 0. The van der Waals surface area contributed by atoms with Gasteiger partial charge in [-0.3, -0.25) is 9.78 Å². The normalized spacial score (nSPS) is 20.5. The lowest BCUT2D eigenvalue weighted by atomic mass is 10.1. The second-order valence-electron chi connectivity index (χ2n) is 5.21. The van der Waals surface area contributed by atoms with Gasteiger partial charge in [-0.05, 0) is 23.3 Å². The molecule has 6 heteroatoms. The molecular weight excluding hydrogens is 290 g/mol. The molecule has 0 aliphatic heterocycles. The van der Waals surface area contributed by atoms with Crippen LogP contribution in [0.2, 0.25) is 0 Å². The Hall–Kier alpha value is -2.34. The molecule has 2 atom stereocenters. The Morgan fingerprint density at radius 2 is 1.95 bits per heavy atom. The summed E-state index contributed by atoms with van der Waals surface area (Å²) in [6.07, 6.45) is 0.618. The van der Waals surface area contributed by atoms with Gasteiger partial charge in [-0.15, -0.1) is 0 Å². The second kappa shape index (κ2) is 5.46. The molecule has 0 spiro atoms. The molecule has 114 valence electrons. The number of carbonyl (C=O) groups is 1. The van der Waals surface area contributed by atoms with E-state index in [2.05, 4.69) is 10.3 Å². The van der Waals surface area contributed by atoms with Crippen LogP contribution in [0.3, 0.4) is 0 Å². The number of carbonyl (C=O) groups excluding carboxylic acids is 1. The van der Waals surface area contributed by atoms with Crippen molar-refractivity contribution in [3.63, 3.8) is 0 Å². The number of halogens is 2. The summed E-state index contributed by atoms with van der Waals surface area (Å²) in [4.78, 5) is 15.5. The molecule has 0 radical (unpaired) electrons. The summed E-state index contributed by atoms with van der Waals surface area (Å²) in [6, 6.07) is 10.2. The molecule has 0 bridgehead atoms. The Morgan fingerprint density at radius 3 is 2.68 bits per heavy atom. The fourth-order valence-electron chi connectivity index (χ4n) is 2.64. The molecule has 1 aromatic heterocycles. The third-order valence-electron chi connectivity index (χ3n) is 3.76. The lowest BCUT2D eigenvalue weighted by molar-refractivity contribution is -0.149. The number of aliphatic hydroxyl groups is 1. The van der Waals surface area contributed by atoms with E-state index < -0.39 is 29.7 Å². The summed E-state index contributed by atoms with van der Waals surface area (Å²) in [5.74, 6) is -5.22. The van der Waals surface area contributed by atoms with Crippen molar-refractivity contribution in [2.75, 3.05) is 0 Å². The van der Waals surface area contributed by atoms with Gasteiger partial charge in [-0.1, -0.05) is 30.3 Å². The molecule has 4 nitrogen and oxygen atoms in total. The number of benzene rings is 1. The predicted octanol–water partition coefficient (Wildman–Crippen LogP) is 1.95. The molecular formula is C16H14F2N2O2. The van der Waals surface area contributed by atoms with Crippen molar-refractivity contribution in [2.24, 2.45) is 0 Å². The minimum absolute atomic E-state index is 0.330. The van der Waals surface area contributed by atoms with Gasteiger partial charge in [0.1, 0.15) is 5.69 Å². The van der Waals surface area contributed by atoms with Gasteiger partial charge < -0.3 is 10.4 Å². The lowest BCUT2D eigenvalue weighted by Gasteiger charge is -2.22. The van der Waals surface area contributed by atoms with Gasteiger partial charge in [0.25, 0.3) is 5.91 Å². The van der Waals surface area contributed by atoms with E-state index in [9.17, 15) is 18.7 Å². The minimum Gasteiger partial charge on any atom is -0.390 e. The van der Waals surface area contributed by atoms with Gasteiger partial charge in [0.2, 0.25) is 0 Å². The number of hydrogen-bond donors (Lipinski definition) is 2. The van der Waals surface area contributed by atoms with E-state index >= 15 is 0 Å². The second-order valence-corrected chi connectivity index (χ2v) is 5.21. The molecule has 1 heterocycles. The molecule has 0 saturated carbocycles. The van der Waals surface area contributed by atoms with Crippen LogP contribution in [-0.4, -0.2) is 22.1 Å². The maximum atomic E-state index is 14.1. The van der Waals surface area contributed by atoms with Crippen molar-refractivity contribution >= 4 is 5.91 Å². The van der Waals surface area contributed by atoms with Gasteiger partial charge in [0.05, 0.1) is 12.1 Å². The van der Waals surface area contributed by atoms with E-state index in [1.165, 1.54) is 18.3 Å². The number of hydrogen-bond acceptors (Lipinski definition) is 3. The van der Waals surface area contributed by atoms with E-state index in [4.69, 9.17) is 0 Å². The zero-order chi connectivity index (χ0) is 15.7. The van der Waals surface area contributed by atoms with Crippen LogP contribution in [0.4, 0.5) is 8.78 Å². The van der Waals surface area contributed by atoms with Crippen molar-refractivity contribution < 1.29 is 18.7 Å². The third-order valence-corrected chi connectivity index (χ3v) is 3.76. The van der Waals surface area contributed by atoms with E-state index in [-0.39, 0.29) is 0 Å². The minimum atomic E-state index is -3.75. The molecule has 1 amide bonds. The van der Waals surface area contributed by atoms with Gasteiger partial charge in [0, 0.05) is 12.6 Å². The Kier molecular flexibility index (Phi) is 3.62. The molecule has 0 unspecified atom stereocenters. The standard InChI is InChI=1S/C16H14F2N2O2/c17-16(18,13-7-3-4-8-19-13)15(22)20-14-11-6-2-1-5-10(11)9-12(14)21/h1-8,12,14,21H,9H2,(H,20,22)/t12-,14+/m1/s1. The Morgan fingerprint density at radius 1 is 1.23 bits per heavy atom. The van der Waals surface area contributed by atoms with Gasteiger partial charge in [-0.25, -0.2) is 0 Å². The number of nitrogens with one attached hydrogen (secondary N) is 1. The van der Waals surface area contributed by atoms with Crippen molar-refractivity contribution in [1.29, 1.82) is 0 Å². The SMILES string of the molecule is O=C(N[C@H]1c2ccccc2C[C@H]1O)C(F)(F)c1ccccn1. The van der Waals surface area contributed by atoms with Gasteiger partial charge in [-0.2, -0.15) is 8.78 Å². The number of amides is 1. The summed E-state index contributed by atoms with van der Waals surface area (Å²) < 4.78 is 28.3. The van der Waals surface area contributed by atoms with Crippen LogP contribution in [0.15, 0.2) is 48.7 Å². The molecule has 2 N–H and O–H groups in total. The van der Waals surface area contributed by atoms with Crippen molar-refractivity contribution in [3.8, 4) is 0 Å². The number of fused-ring (bicyclic) bond motifs is 1. The monoisotopic (exact) mass is 304 g/mol. The van der Waals surface area contributed by atoms with Crippen LogP contribution in [0, 0.1) is 0 Å². The van der Waals surface area contributed by atoms with E-state index in [1.54, 1.807) is 18.2 Å². The Balaban J connectivity index is 1.83. The molecule has 1 aliphatic rings. The quantitative estimate of drug-likeness (QED) is 0.911. The largest absolute Gasteiger partial charge is 0.390 e. The number of alkyl halides is 2. The highest BCUT2D eigenvalue weighted by atomic mass is 19.3. The smallest absolute Gasteiger partial charge is 0.366 e. The van der Waals surface area contributed by atoms with Gasteiger partial charge >= 0.3 is 5.92 Å². The molecule has 3 rings (SSSR count). The first-order chi connectivity index (χ1) is 10.5. The summed E-state index contributed by atoms with van der Waals surface area (Å²) in [7, 11) is 0. The molecule has 1 aliphatic carbocycles. The van der Waals surface area contributed by atoms with Crippen LogP contribution in [-0.2, 0) is 17.1 Å². The lowest BCUT2D eigenvalue weighted by Crippen LogP contribution is -2.43. The molecule has 1 aromatic carbocycles. The third kappa shape index (κ3) is 2.46. The van der Waals surface area contributed by atoms with Crippen LogP contribution < -0.4 is 5.32 Å². The molecule has 2 aromatic rings. The average molecular weight is 304 g/mol. The van der Waals surface area contributed by atoms with Crippen LogP contribution >= 0.6 is 0 Å². The summed E-state index contributed by atoms with van der Waals surface area (Å²) in [5.41, 5.74) is 0.898. The molecule has 0 fully saturated rings. The number of pyridine rings is 1. The highest BCUT2D eigenvalue weighted by Gasteiger charge is 2.45. The maximum Gasteiger partial charge on any atom is 0.366 e. The number of aliphatic hydroxyl groups excluding tert-OH is 1. The van der Waals surface area contributed by atoms with Crippen molar-refractivity contribution in [2.45, 2.75) is 24.5 Å². The first-order valence-corrected chi connectivity index (χ1v) is 6.86.